The van der Waals surface area contributed by atoms with Crippen molar-refractivity contribution in [1.82, 2.24) is 0 Å². The fraction of sp³-hybridized carbons (Fsp3) is 0.917. The highest BCUT2D eigenvalue weighted by Gasteiger charge is 2.11. The van der Waals surface area contributed by atoms with Crippen molar-refractivity contribution in [2.24, 2.45) is 0 Å². The highest BCUT2D eigenvalue weighted by molar-refractivity contribution is 9.10. The van der Waals surface area contributed by atoms with Gasteiger partial charge in [-0.05, 0) is 6.42 Å². The molecular formula is C12H22Br2O. The monoisotopic (exact) mass is 340 g/mol. The topological polar surface area (TPSA) is 17.1 Å². The van der Waals surface area contributed by atoms with Gasteiger partial charge in [0.05, 0.1) is 10.2 Å². The Hall–Kier alpha value is 0.630. The summed E-state index contributed by atoms with van der Waals surface area (Å²) >= 11 is 6.60. The molecule has 0 rings (SSSR count). The summed E-state index contributed by atoms with van der Waals surface area (Å²) in [6.07, 6.45) is 10.1. The number of rotatable bonds is 10. The van der Waals surface area contributed by atoms with Crippen LogP contribution >= 0.6 is 31.9 Å². The molecule has 0 aliphatic heterocycles. The molecule has 0 aliphatic rings. The Morgan fingerprint density at radius 2 is 1.60 bits per heavy atom. The molecule has 0 aromatic heterocycles. The predicted molar refractivity (Wildman–Crippen MR) is 74.1 cm³/mol. The smallest absolute Gasteiger partial charge is 0.156 e. The summed E-state index contributed by atoms with van der Waals surface area (Å²) in [5.74, 6) is 0.265. The van der Waals surface area contributed by atoms with E-state index in [0.717, 1.165) is 6.42 Å². The van der Waals surface area contributed by atoms with Crippen molar-refractivity contribution in [2.75, 3.05) is 5.33 Å². The summed E-state index contributed by atoms with van der Waals surface area (Å²) in [5, 5.41) is 0.472. The molecule has 0 aromatic carbocycles. The van der Waals surface area contributed by atoms with Crippen molar-refractivity contribution in [2.45, 2.75) is 63.1 Å². The van der Waals surface area contributed by atoms with Crippen molar-refractivity contribution >= 4 is 37.6 Å². The van der Waals surface area contributed by atoms with Crippen molar-refractivity contribution in [3.05, 3.63) is 0 Å². The number of halogens is 2. The quantitative estimate of drug-likeness (QED) is 0.410. The van der Waals surface area contributed by atoms with Crippen LogP contribution in [0, 0.1) is 0 Å². The number of Topliss-reactive ketones (excluding diaryl/α,β-unsaturated/α-hetero) is 1. The third kappa shape index (κ3) is 9.55. The number of ketones is 1. The number of carbonyl (C=O) groups excluding carboxylic acids is 1. The van der Waals surface area contributed by atoms with Crippen LogP contribution in [0.5, 0.6) is 0 Å². The van der Waals surface area contributed by atoms with Crippen LogP contribution in [0.3, 0.4) is 0 Å². The van der Waals surface area contributed by atoms with Crippen molar-refractivity contribution < 1.29 is 4.79 Å². The van der Waals surface area contributed by atoms with E-state index < -0.39 is 0 Å². The molecule has 15 heavy (non-hydrogen) atoms. The molecule has 0 spiro atoms. The fourth-order valence-electron chi connectivity index (χ4n) is 1.53. The maximum atomic E-state index is 11.2. The van der Waals surface area contributed by atoms with Gasteiger partial charge in [-0.25, -0.2) is 0 Å². The summed E-state index contributed by atoms with van der Waals surface area (Å²) in [6, 6.07) is 0. The van der Waals surface area contributed by atoms with Crippen LogP contribution in [-0.4, -0.2) is 15.9 Å². The maximum absolute atomic E-state index is 11.2. The molecule has 0 aliphatic carbocycles. The molecular weight excluding hydrogens is 320 g/mol. The first-order valence-electron chi connectivity index (χ1n) is 5.95. The zero-order valence-electron chi connectivity index (χ0n) is 9.61. The standard InChI is InChI=1S/C12H22Br2O/c1-2-3-4-5-6-7-8-9-11(14)12(15)10-13/h11H,2-10H2,1H3. The lowest BCUT2D eigenvalue weighted by Crippen LogP contribution is -2.14. The molecule has 0 saturated heterocycles. The van der Waals surface area contributed by atoms with E-state index >= 15 is 0 Å². The summed E-state index contributed by atoms with van der Waals surface area (Å²) < 4.78 is 0. The van der Waals surface area contributed by atoms with E-state index in [4.69, 9.17) is 0 Å². The number of alkyl halides is 2. The van der Waals surface area contributed by atoms with E-state index in [0.29, 0.717) is 5.33 Å². The van der Waals surface area contributed by atoms with Gasteiger partial charge in [0.25, 0.3) is 0 Å². The molecule has 90 valence electrons. The minimum Gasteiger partial charge on any atom is -0.298 e. The van der Waals surface area contributed by atoms with Gasteiger partial charge in [0, 0.05) is 0 Å². The van der Waals surface area contributed by atoms with E-state index in [9.17, 15) is 4.79 Å². The van der Waals surface area contributed by atoms with Crippen LogP contribution in [0.1, 0.15) is 58.3 Å². The van der Waals surface area contributed by atoms with Gasteiger partial charge in [-0.1, -0.05) is 83.7 Å². The Morgan fingerprint density at radius 3 is 2.13 bits per heavy atom. The minimum absolute atomic E-state index is 0.0625. The second kappa shape index (κ2) is 11.1. The Labute approximate surface area is 111 Å². The Morgan fingerprint density at radius 1 is 1.07 bits per heavy atom. The van der Waals surface area contributed by atoms with Gasteiger partial charge in [-0.2, -0.15) is 0 Å². The average Bonchev–Trinajstić information content (AvgIpc) is 2.26. The van der Waals surface area contributed by atoms with Crippen molar-refractivity contribution in [3.8, 4) is 0 Å². The molecule has 1 atom stereocenters. The minimum atomic E-state index is 0.0625. The molecule has 0 bridgehead atoms. The summed E-state index contributed by atoms with van der Waals surface area (Å²) in [6.45, 7) is 2.24. The molecule has 0 saturated carbocycles. The van der Waals surface area contributed by atoms with E-state index in [1.807, 2.05) is 0 Å². The Kier molecular flexibility index (Phi) is 11.6. The first-order valence-corrected chi connectivity index (χ1v) is 7.98. The SMILES string of the molecule is CCCCCCCCCC(Br)C(=O)CBr. The largest absolute Gasteiger partial charge is 0.298 e. The van der Waals surface area contributed by atoms with Gasteiger partial charge >= 0.3 is 0 Å². The van der Waals surface area contributed by atoms with Crippen LogP contribution in [-0.2, 0) is 4.79 Å². The molecule has 0 heterocycles. The molecule has 0 fully saturated rings. The molecule has 3 heteroatoms. The van der Waals surface area contributed by atoms with Crippen LogP contribution in [0.25, 0.3) is 0 Å². The summed E-state index contributed by atoms with van der Waals surface area (Å²) in [7, 11) is 0. The first-order chi connectivity index (χ1) is 7.22. The van der Waals surface area contributed by atoms with Gasteiger partial charge in [0.1, 0.15) is 0 Å². The zero-order valence-corrected chi connectivity index (χ0v) is 12.8. The summed E-state index contributed by atoms with van der Waals surface area (Å²) in [4.78, 5) is 11.3. The number of hydrogen-bond donors (Lipinski definition) is 0. The van der Waals surface area contributed by atoms with Gasteiger partial charge in [-0.3, -0.25) is 4.79 Å². The highest BCUT2D eigenvalue weighted by atomic mass is 79.9. The molecule has 0 radical (unpaired) electrons. The van der Waals surface area contributed by atoms with E-state index in [-0.39, 0.29) is 10.6 Å². The lowest BCUT2D eigenvalue weighted by Gasteiger charge is -2.06. The maximum Gasteiger partial charge on any atom is 0.156 e. The molecule has 1 unspecified atom stereocenters. The van der Waals surface area contributed by atoms with E-state index in [1.165, 1.54) is 44.9 Å². The van der Waals surface area contributed by atoms with Gasteiger partial charge < -0.3 is 0 Å². The van der Waals surface area contributed by atoms with Crippen molar-refractivity contribution in [3.63, 3.8) is 0 Å². The third-order valence-electron chi connectivity index (χ3n) is 2.54. The number of hydrogen-bond acceptors (Lipinski definition) is 1. The second-order valence-electron chi connectivity index (χ2n) is 3.98. The number of carbonyl (C=O) groups is 1. The predicted octanol–water partition coefficient (Wildman–Crippen LogP) is 4.85. The van der Waals surface area contributed by atoms with Crippen LogP contribution in [0.4, 0.5) is 0 Å². The Balaban J connectivity index is 3.20. The lowest BCUT2D eigenvalue weighted by atomic mass is 10.1. The summed E-state index contributed by atoms with van der Waals surface area (Å²) in [5.41, 5.74) is 0. The normalized spacial score (nSPS) is 12.7. The van der Waals surface area contributed by atoms with Gasteiger partial charge in [0.15, 0.2) is 5.78 Å². The molecule has 0 N–H and O–H groups in total. The molecule has 0 aromatic rings. The molecule has 0 amide bonds. The lowest BCUT2D eigenvalue weighted by molar-refractivity contribution is -0.116. The van der Waals surface area contributed by atoms with Crippen LogP contribution in [0.2, 0.25) is 0 Å². The number of unbranched alkanes of at least 4 members (excludes halogenated alkanes) is 6. The van der Waals surface area contributed by atoms with Crippen LogP contribution < -0.4 is 0 Å². The highest BCUT2D eigenvalue weighted by Crippen LogP contribution is 2.15. The van der Waals surface area contributed by atoms with E-state index in [1.54, 1.807) is 0 Å². The van der Waals surface area contributed by atoms with E-state index in [2.05, 4.69) is 38.8 Å². The molecule has 1 nitrogen and oxygen atoms in total. The zero-order chi connectivity index (χ0) is 11.5. The van der Waals surface area contributed by atoms with Crippen LogP contribution in [0.15, 0.2) is 0 Å². The third-order valence-corrected chi connectivity index (χ3v) is 4.06. The van der Waals surface area contributed by atoms with Gasteiger partial charge in [0.2, 0.25) is 0 Å². The second-order valence-corrected chi connectivity index (χ2v) is 5.64. The Bertz CT molecular complexity index is 160. The fourth-order valence-corrected chi connectivity index (χ4v) is 2.84. The average molecular weight is 342 g/mol. The van der Waals surface area contributed by atoms with Gasteiger partial charge in [-0.15, -0.1) is 0 Å². The van der Waals surface area contributed by atoms with Crippen molar-refractivity contribution in [1.29, 1.82) is 0 Å². The first kappa shape index (κ1) is 15.6.